The molecule has 3 aliphatic rings. The van der Waals surface area contributed by atoms with Crippen molar-refractivity contribution >= 4 is 0 Å². The van der Waals surface area contributed by atoms with Crippen LogP contribution in [0.25, 0.3) is 0 Å². The van der Waals surface area contributed by atoms with Gasteiger partial charge < -0.3 is 5.32 Å². The van der Waals surface area contributed by atoms with Gasteiger partial charge in [-0.3, -0.25) is 4.90 Å². The topological polar surface area (TPSA) is 15.3 Å². The van der Waals surface area contributed by atoms with Crippen molar-refractivity contribution in [1.29, 1.82) is 0 Å². The van der Waals surface area contributed by atoms with Crippen LogP contribution in [-0.4, -0.2) is 35.6 Å². The number of rotatable bonds is 2. The molecule has 3 atom stereocenters. The Morgan fingerprint density at radius 1 is 1.00 bits per heavy atom. The maximum Gasteiger partial charge on any atom is 0.0131 e. The summed E-state index contributed by atoms with van der Waals surface area (Å²) in [7, 11) is 0. The van der Waals surface area contributed by atoms with Crippen LogP contribution in [0.4, 0.5) is 0 Å². The molecule has 2 nitrogen and oxygen atoms in total. The molecule has 122 valence electrons. The van der Waals surface area contributed by atoms with Gasteiger partial charge >= 0.3 is 0 Å². The van der Waals surface area contributed by atoms with E-state index in [1.165, 1.54) is 45.2 Å². The van der Waals surface area contributed by atoms with Gasteiger partial charge in [0.25, 0.3) is 0 Å². The van der Waals surface area contributed by atoms with Gasteiger partial charge in [0.2, 0.25) is 0 Å². The van der Waals surface area contributed by atoms with Crippen LogP contribution >= 0.6 is 0 Å². The van der Waals surface area contributed by atoms with E-state index in [1.807, 2.05) is 0 Å². The molecule has 2 aliphatic carbocycles. The SMILES string of the molecule is CC(C)(C)N1CCC(NC2CC3CCC2(C)C3(C)C)CC1. The van der Waals surface area contributed by atoms with E-state index in [-0.39, 0.29) is 0 Å². The third-order valence-corrected chi connectivity index (χ3v) is 7.67. The number of fused-ring (bicyclic) bond motifs is 2. The van der Waals surface area contributed by atoms with E-state index in [0.29, 0.717) is 16.4 Å². The molecule has 2 heteroatoms. The molecule has 3 unspecified atom stereocenters. The lowest BCUT2D eigenvalue weighted by Gasteiger charge is -2.44. The molecule has 1 N–H and O–H groups in total. The van der Waals surface area contributed by atoms with Crippen LogP contribution in [0.5, 0.6) is 0 Å². The zero-order valence-corrected chi connectivity index (χ0v) is 15.1. The zero-order chi connectivity index (χ0) is 15.5. The van der Waals surface area contributed by atoms with Crippen molar-refractivity contribution in [2.24, 2.45) is 16.7 Å². The molecule has 2 saturated carbocycles. The lowest BCUT2D eigenvalue weighted by Crippen LogP contribution is -2.54. The predicted octanol–water partition coefficient (Wildman–Crippen LogP) is 4.05. The fourth-order valence-corrected chi connectivity index (χ4v) is 5.46. The number of hydrogen-bond acceptors (Lipinski definition) is 2. The third kappa shape index (κ3) is 2.47. The molecular weight excluding hydrogens is 256 g/mol. The minimum Gasteiger partial charge on any atom is -0.311 e. The Kier molecular flexibility index (Phi) is 3.73. The second-order valence-electron chi connectivity index (χ2n) is 9.76. The molecule has 1 aliphatic heterocycles. The van der Waals surface area contributed by atoms with E-state index in [0.717, 1.165) is 18.0 Å². The standard InChI is InChI=1S/C19H36N2/c1-17(2,3)21-11-8-15(9-12-21)20-16-13-14-7-10-19(16,6)18(14,4)5/h14-16,20H,7-13H2,1-6H3. The van der Waals surface area contributed by atoms with Crippen molar-refractivity contribution in [2.75, 3.05) is 13.1 Å². The van der Waals surface area contributed by atoms with Crippen molar-refractivity contribution in [1.82, 2.24) is 10.2 Å². The first-order valence-electron chi connectivity index (χ1n) is 9.16. The van der Waals surface area contributed by atoms with Gasteiger partial charge in [-0.1, -0.05) is 20.8 Å². The summed E-state index contributed by atoms with van der Waals surface area (Å²) >= 11 is 0. The van der Waals surface area contributed by atoms with E-state index < -0.39 is 0 Å². The van der Waals surface area contributed by atoms with Crippen LogP contribution in [0.15, 0.2) is 0 Å². The van der Waals surface area contributed by atoms with Crippen molar-refractivity contribution in [3.63, 3.8) is 0 Å². The normalized spacial score (nSPS) is 40.9. The summed E-state index contributed by atoms with van der Waals surface area (Å²) in [5, 5.41) is 4.09. The average molecular weight is 293 g/mol. The summed E-state index contributed by atoms with van der Waals surface area (Å²) in [6.07, 6.45) is 6.97. The smallest absolute Gasteiger partial charge is 0.0131 e. The lowest BCUT2D eigenvalue weighted by atomic mass is 9.69. The van der Waals surface area contributed by atoms with Gasteiger partial charge in [-0.2, -0.15) is 0 Å². The maximum atomic E-state index is 4.09. The van der Waals surface area contributed by atoms with Crippen LogP contribution < -0.4 is 5.32 Å². The molecule has 3 rings (SSSR count). The van der Waals surface area contributed by atoms with Crippen molar-refractivity contribution in [3.8, 4) is 0 Å². The van der Waals surface area contributed by atoms with E-state index in [9.17, 15) is 0 Å². The number of piperidine rings is 1. The van der Waals surface area contributed by atoms with E-state index in [2.05, 4.69) is 51.8 Å². The van der Waals surface area contributed by atoms with E-state index in [4.69, 9.17) is 0 Å². The third-order valence-electron chi connectivity index (χ3n) is 7.67. The van der Waals surface area contributed by atoms with Gasteiger partial charge in [-0.05, 0) is 69.6 Å². The molecule has 0 amide bonds. The highest BCUT2D eigenvalue weighted by Crippen LogP contribution is 2.65. The summed E-state index contributed by atoms with van der Waals surface area (Å²) in [6, 6.07) is 1.51. The number of hydrogen-bond donors (Lipinski definition) is 1. The van der Waals surface area contributed by atoms with Crippen molar-refractivity contribution in [3.05, 3.63) is 0 Å². The first-order chi connectivity index (χ1) is 9.64. The Hall–Kier alpha value is -0.0800. The quantitative estimate of drug-likeness (QED) is 0.826. The molecule has 3 fully saturated rings. The van der Waals surface area contributed by atoms with Crippen molar-refractivity contribution in [2.45, 2.75) is 91.3 Å². The predicted molar refractivity (Wildman–Crippen MR) is 90.5 cm³/mol. The van der Waals surface area contributed by atoms with Gasteiger partial charge in [0.05, 0.1) is 0 Å². The fourth-order valence-electron chi connectivity index (χ4n) is 5.46. The van der Waals surface area contributed by atoms with E-state index >= 15 is 0 Å². The first kappa shape index (κ1) is 15.8. The summed E-state index contributed by atoms with van der Waals surface area (Å²) in [5.74, 6) is 0.953. The Labute approximate surface area is 132 Å². The van der Waals surface area contributed by atoms with Crippen molar-refractivity contribution < 1.29 is 0 Å². The molecular formula is C19H36N2. The summed E-state index contributed by atoms with van der Waals surface area (Å²) in [4.78, 5) is 2.65. The highest BCUT2D eigenvalue weighted by Gasteiger charge is 2.61. The Morgan fingerprint density at radius 3 is 2.05 bits per heavy atom. The Morgan fingerprint density at radius 2 is 1.62 bits per heavy atom. The van der Waals surface area contributed by atoms with Gasteiger partial charge in [-0.25, -0.2) is 0 Å². The highest BCUT2D eigenvalue weighted by molar-refractivity contribution is 5.13. The number of nitrogens with one attached hydrogen (secondary N) is 1. The average Bonchev–Trinajstić information content (AvgIpc) is 2.71. The molecule has 1 heterocycles. The Bertz CT molecular complexity index is 387. The van der Waals surface area contributed by atoms with Crippen LogP contribution in [0.3, 0.4) is 0 Å². The molecule has 2 bridgehead atoms. The molecule has 0 radical (unpaired) electrons. The molecule has 1 saturated heterocycles. The second kappa shape index (κ2) is 4.96. The summed E-state index contributed by atoms with van der Waals surface area (Å²) in [6.45, 7) is 17.2. The molecule has 0 spiro atoms. The summed E-state index contributed by atoms with van der Waals surface area (Å²) in [5.41, 5.74) is 1.40. The Balaban J connectivity index is 1.58. The minimum atomic E-state index is 0.339. The zero-order valence-electron chi connectivity index (χ0n) is 15.1. The minimum absolute atomic E-state index is 0.339. The molecule has 21 heavy (non-hydrogen) atoms. The molecule has 0 aromatic carbocycles. The monoisotopic (exact) mass is 292 g/mol. The van der Waals surface area contributed by atoms with Crippen LogP contribution in [-0.2, 0) is 0 Å². The van der Waals surface area contributed by atoms with Gasteiger partial charge in [-0.15, -0.1) is 0 Å². The van der Waals surface area contributed by atoms with Gasteiger partial charge in [0.1, 0.15) is 0 Å². The van der Waals surface area contributed by atoms with Crippen LogP contribution in [0, 0.1) is 16.7 Å². The lowest BCUT2D eigenvalue weighted by molar-refractivity contribution is 0.0755. The number of likely N-dealkylation sites (tertiary alicyclic amines) is 1. The molecule has 0 aromatic heterocycles. The highest BCUT2D eigenvalue weighted by atomic mass is 15.2. The second-order valence-corrected chi connectivity index (χ2v) is 9.76. The van der Waals surface area contributed by atoms with Gasteiger partial charge in [0, 0.05) is 30.7 Å². The number of nitrogens with zero attached hydrogens (tertiary/aromatic N) is 1. The van der Waals surface area contributed by atoms with Crippen LogP contribution in [0.1, 0.15) is 73.6 Å². The molecule has 0 aromatic rings. The summed E-state index contributed by atoms with van der Waals surface area (Å²) < 4.78 is 0. The first-order valence-corrected chi connectivity index (χ1v) is 9.16. The van der Waals surface area contributed by atoms with Gasteiger partial charge in [0.15, 0.2) is 0 Å². The largest absolute Gasteiger partial charge is 0.311 e. The maximum absolute atomic E-state index is 4.09. The fraction of sp³-hybridized carbons (Fsp3) is 1.00. The van der Waals surface area contributed by atoms with E-state index in [1.54, 1.807) is 0 Å². The van der Waals surface area contributed by atoms with Crippen LogP contribution in [0.2, 0.25) is 0 Å².